The van der Waals surface area contributed by atoms with Crippen molar-refractivity contribution in [2.45, 2.75) is 105 Å². The van der Waals surface area contributed by atoms with Gasteiger partial charge in [-0.1, -0.05) is 192 Å². The molecule has 0 N–H and O–H groups in total. The summed E-state index contributed by atoms with van der Waals surface area (Å²) in [7, 11) is -3.09. The number of hydrogen-bond acceptors (Lipinski definition) is 2. The lowest BCUT2D eigenvalue weighted by molar-refractivity contribution is 0.590. The van der Waals surface area contributed by atoms with Gasteiger partial charge in [0.25, 0.3) is 6.71 Å². The summed E-state index contributed by atoms with van der Waals surface area (Å²) in [4.78, 5) is 5.13. The van der Waals surface area contributed by atoms with E-state index >= 15 is 0 Å². The molecule has 7 aromatic rings. The van der Waals surface area contributed by atoms with Crippen LogP contribution in [0.5, 0.6) is 0 Å². The molecular formula is C58H60BClN2Si. The molecule has 63 heavy (non-hydrogen) atoms. The molecule has 2 nitrogen and oxygen atoms in total. The topological polar surface area (TPSA) is 6.48 Å². The van der Waals surface area contributed by atoms with Crippen molar-refractivity contribution >= 4 is 97.6 Å². The van der Waals surface area contributed by atoms with Gasteiger partial charge in [-0.3, -0.25) is 0 Å². The van der Waals surface area contributed by atoms with Crippen molar-refractivity contribution in [3.05, 3.63) is 173 Å². The van der Waals surface area contributed by atoms with Crippen LogP contribution in [-0.2, 0) is 21.7 Å². The number of rotatable bonds is 4. The number of halogens is 1. The van der Waals surface area contributed by atoms with E-state index in [9.17, 15) is 0 Å². The van der Waals surface area contributed by atoms with Gasteiger partial charge in [-0.2, -0.15) is 0 Å². The van der Waals surface area contributed by atoms with Crippen LogP contribution in [0.2, 0.25) is 5.02 Å². The smallest absolute Gasteiger partial charge is 0.251 e. The molecule has 7 aromatic carbocycles. The lowest BCUT2D eigenvalue weighted by Crippen LogP contribution is -2.88. The molecule has 0 aliphatic carbocycles. The quantitative estimate of drug-likeness (QED) is 0.163. The van der Waals surface area contributed by atoms with E-state index in [1.165, 1.54) is 70.8 Å². The Bertz CT molecular complexity index is 2730. The van der Waals surface area contributed by atoms with Gasteiger partial charge in [0.15, 0.2) is 8.07 Å². The molecule has 0 bridgehead atoms. The highest BCUT2D eigenvalue weighted by Gasteiger charge is 2.57. The van der Waals surface area contributed by atoms with E-state index in [1.807, 2.05) is 0 Å². The third kappa shape index (κ3) is 6.41. The largest absolute Gasteiger partial charge is 0.311 e. The van der Waals surface area contributed by atoms with Crippen LogP contribution in [0.15, 0.2) is 146 Å². The summed E-state index contributed by atoms with van der Waals surface area (Å²) in [6.45, 7) is 28.0. The summed E-state index contributed by atoms with van der Waals surface area (Å²) in [5.41, 5.74) is 16.4. The van der Waals surface area contributed by atoms with Crippen LogP contribution in [0.1, 0.15) is 105 Å². The van der Waals surface area contributed by atoms with Crippen LogP contribution < -0.4 is 46.9 Å². The second-order valence-electron chi connectivity index (χ2n) is 22.5. The maximum atomic E-state index is 7.47. The first-order valence-electron chi connectivity index (χ1n) is 22.8. The van der Waals surface area contributed by atoms with Gasteiger partial charge >= 0.3 is 0 Å². The van der Waals surface area contributed by atoms with E-state index in [-0.39, 0.29) is 28.4 Å². The van der Waals surface area contributed by atoms with Crippen LogP contribution >= 0.6 is 11.6 Å². The molecule has 0 radical (unpaired) electrons. The van der Waals surface area contributed by atoms with E-state index in [0.717, 1.165) is 27.8 Å². The summed E-state index contributed by atoms with van der Waals surface area (Å²) in [5, 5.41) is 6.53. The van der Waals surface area contributed by atoms with Crippen LogP contribution in [0, 0.1) is 0 Å². The molecule has 3 aliphatic rings. The molecule has 3 aliphatic heterocycles. The average molecular weight is 859 g/mol. The minimum Gasteiger partial charge on any atom is -0.311 e. The maximum Gasteiger partial charge on any atom is 0.251 e. The Hall–Kier alpha value is -5.29. The van der Waals surface area contributed by atoms with Gasteiger partial charge in [0.2, 0.25) is 0 Å². The van der Waals surface area contributed by atoms with Crippen molar-refractivity contribution in [1.29, 1.82) is 0 Å². The summed E-state index contributed by atoms with van der Waals surface area (Å²) in [5.74, 6) is 0. The summed E-state index contributed by atoms with van der Waals surface area (Å²) < 4.78 is 0. The summed E-state index contributed by atoms with van der Waals surface area (Å²) in [6.07, 6.45) is 0. The Morgan fingerprint density at radius 1 is 0.381 bits per heavy atom. The van der Waals surface area contributed by atoms with Gasteiger partial charge in [0.1, 0.15) is 0 Å². The van der Waals surface area contributed by atoms with E-state index < -0.39 is 8.07 Å². The Morgan fingerprint density at radius 2 is 0.714 bits per heavy atom. The molecule has 0 spiro atoms. The van der Waals surface area contributed by atoms with Crippen molar-refractivity contribution < 1.29 is 0 Å². The fourth-order valence-corrected chi connectivity index (χ4v) is 16.3. The van der Waals surface area contributed by atoms with Gasteiger partial charge < -0.3 is 9.80 Å². The molecule has 0 amide bonds. The molecule has 3 heterocycles. The van der Waals surface area contributed by atoms with Crippen molar-refractivity contribution in [3.8, 4) is 0 Å². The Morgan fingerprint density at radius 3 is 1.05 bits per heavy atom. The Labute approximate surface area is 383 Å². The molecule has 0 aromatic heterocycles. The first-order chi connectivity index (χ1) is 29.7. The third-order valence-corrected chi connectivity index (χ3v) is 19.2. The Kier molecular flexibility index (Phi) is 9.34. The predicted octanol–water partition coefficient (Wildman–Crippen LogP) is 11.3. The normalized spacial score (nSPS) is 15.1. The summed E-state index contributed by atoms with van der Waals surface area (Å²) >= 11 is 7.47. The molecule has 0 unspecified atom stereocenters. The van der Waals surface area contributed by atoms with Gasteiger partial charge in [0.05, 0.1) is 0 Å². The van der Waals surface area contributed by atoms with Crippen LogP contribution in [0.4, 0.5) is 34.1 Å². The van der Waals surface area contributed by atoms with E-state index in [4.69, 9.17) is 11.6 Å². The summed E-state index contributed by atoms with van der Waals surface area (Å²) in [6, 6.07) is 56.7. The van der Waals surface area contributed by atoms with Gasteiger partial charge in [-0.25, -0.2) is 0 Å². The lowest BCUT2D eigenvalue weighted by atomic mass is 9.33. The molecule has 0 saturated carbocycles. The molecule has 0 atom stereocenters. The van der Waals surface area contributed by atoms with Crippen molar-refractivity contribution in [3.63, 3.8) is 0 Å². The van der Waals surface area contributed by atoms with Crippen LogP contribution in [-0.4, -0.2) is 14.8 Å². The number of anilines is 6. The van der Waals surface area contributed by atoms with Crippen molar-refractivity contribution in [2.75, 3.05) is 9.80 Å². The fraction of sp³-hybridized carbons (Fsp3) is 0.276. The first-order valence-corrected chi connectivity index (χ1v) is 25.2. The maximum absolute atomic E-state index is 7.47. The van der Waals surface area contributed by atoms with Crippen LogP contribution in [0.3, 0.4) is 0 Å². The number of benzene rings is 7. The zero-order valence-corrected chi connectivity index (χ0v) is 41.0. The zero-order chi connectivity index (χ0) is 44.6. The van der Waals surface area contributed by atoms with E-state index in [0.29, 0.717) is 0 Å². The molecule has 5 heteroatoms. The third-order valence-electron chi connectivity index (χ3n) is 14.2. The zero-order valence-electron chi connectivity index (χ0n) is 39.2. The van der Waals surface area contributed by atoms with Crippen molar-refractivity contribution in [1.82, 2.24) is 0 Å². The SMILES string of the molecule is CC(C)(C)c1ccc(N2c3cc(Cl)cc4c3B3c5c2cc(C(C)(C)C)cc5[Si](c2ccccc2)(c2ccccc2)c2cc(C(C)(C)C)cc(c23)N4c2ccc(C(C)(C)C)cc2)cc1. The van der Waals surface area contributed by atoms with E-state index in [1.54, 1.807) is 0 Å². The van der Waals surface area contributed by atoms with Gasteiger partial charge in [-0.15, -0.1) is 0 Å². The average Bonchev–Trinajstić information content (AvgIpc) is 3.23. The minimum atomic E-state index is -3.09. The standard InChI is InChI=1S/C58H60BClN2Si/c1-55(2,3)37-23-27-42(28-24-37)61-46-31-39(57(7,8)9)33-50-53(46)59-52-48(61)35-41(60)36-49(52)62(43-29-25-38(26-30-43)56(4,5)6)47-32-40(58(10,11)12)34-51(54(47)59)63(50,44-19-15-13-16-20-44)45-21-17-14-18-22-45/h13-36H,1-12H3. The van der Waals surface area contributed by atoms with Crippen LogP contribution in [0.25, 0.3) is 0 Å². The molecule has 316 valence electrons. The molecule has 0 fully saturated rings. The highest BCUT2D eigenvalue weighted by molar-refractivity contribution is 7.27. The second kappa shape index (κ2) is 14.1. The lowest BCUT2D eigenvalue weighted by Gasteiger charge is -2.52. The Balaban J connectivity index is 1.44. The highest BCUT2D eigenvalue weighted by atomic mass is 35.5. The molecule has 0 saturated heterocycles. The van der Waals surface area contributed by atoms with E-state index in [2.05, 4.69) is 238 Å². The minimum absolute atomic E-state index is 0.00597. The molecular weight excluding hydrogens is 799 g/mol. The van der Waals surface area contributed by atoms with Gasteiger partial charge in [0, 0.05) is 39.1 Å². The highest BCUT2D eigenvalue weighted by Crippen LogP contribution is 2.48. The van der Waals surface area contributed by atoms with Crippen molar-refractivity contribution in [2.24, 2.45) is 0 Å². The number of hydrogen-bond donors (Lipinski definition) is 0. The van der Waals surface area contributed by atoms with Gasteiger partial charge in [-0.05, 0) is 130 Å². The second-order valence-corrected chi connectivity index (χ2v) is 26.6. The number of nitrogens with zero attached hydrogens (tertiary/aromatic N) is 2. The molecule has 10 rings (SSSR count). The first kappa shape index (κ1) is 41.7. The predicted molar refractivity (Wildman–Crippen MR) is 277 cm³/mol. The monoisotopic (exact) mass is 858 g/mol. The fourth-order valence-electron chi connectivity index (χ4n) is 10.8.